The Morgan fingerprint density at radius 3 is 1.91 bits per heavy atom. The molecule has 5 unspecified atom stereocenters. The molecule has 5 atom stereocenters. The van der Waals surface area contributed by atoms with E-state index in [1.807, 2.05) is 61.7 Å². The number of aliphatic carboxylic acids is 1. The van der Waals surface area contributed by atoms with Crippen LogP contribution < -0.4 is 21.3 Å². The third-order valence-corrected chi connectivity index (χ3v) is 8.62. The van der Waals surface area contributed by atoms with E-state index >= 15 is 0 Å². The van der Waals surface area contributed by atoms with Gasteiger partial charge in [-0.1, -0.05) is 56.7 Å². The number of benzene rings is 2. The Morgan fingerprint density at radius 1 is 0.841 bits per heavy atom. The number of carboxylic acids is 1. The monoisotopic (exact) mass is 600 g/mol. The second kappa shape index (κ2) is 13.8. The summed E-state index contributed by atoms with van der Waals surface area (Å²) in [6.45, 7) is 4.34. The van der Waals surface area contributed by atoms with Crippen LogP contribution in [0.15, 0.2) is 60.9 Å². The molecule has 2 aromatic carbocycles. The molecule has 5 rings (SSSR count). The lowest BCUT2D eigenvalue weighted by molar-refractivity contribution is -0.143. The number of rotatable bonds is 13. The summed E-state index contributed by atoms with van der Waals surface area (Å²) >= 11 is 0. The first-order valence-corrected chi connectivity index (χ1v) is 15.2. The number of aromatic nitrogens is 2. The molecule has 44 heavy (non-hydrogen) atoms. The van der Waals surface area contributed by atoms with Gasteiger partial charge >= 0.3 is 5.97 Å². The number of carboxylic acid groups (broad SMARTS) is 1. The Bertz CT molecular complexity index is 1640. The summed E-state index contributed by atoms with van der Waals surface area (Å²) in [7, 11) is 0. The fraction of sp³-hybridized carbons (Fsp3) is 0.394. The van der Waals surface area contributed by atoms with Crippen LogP contribution in [0.2, 0.25) is 0 Å². The molecular weight excluding hydrogens is 560 g/mol. The van der Waals surface area contributed by atoms with Gasteiger partial charge in [0.25, 0.3) is 0 Å². The van der Waals surface area contributed by atoms with Gasteiger partial charge in [0, 0.05) is 47.0 Å². The number of carbonyl (C=O) groups is 4. The van der Waals surface area contributed by atoms with Gasteiger partial charge in [0.2, 0.25) is 17.7 Å². The predicted octanol–water partition coefficient (Wildman–Crippen LogP) is 2.77. The average molecular weight is 601 g/mol. The van der Waals surface area contributed by atoms with E-state index in [0.29, 0.717) is 12.8 Å². The number of para-hydroxylation sites is 2. The first kappa shape index (κ1) is 30.8. The minimum Gasteiger partial charge on any atom is -0.480 e. The summed E-state index contributed by atoms with van der Waals surface area (Å²) in [5.41, 5.74) is 3.43. The van der Waals surface area contributed by atoms with Gasteiger partial charge in [0.15, 0.2) is 0 Å². The van der Waals surface area contributed by atoms with Crippen molar-refractivity contribution in [3.05, 3.63) is 72.1 Å². The summed E-state index contributed by atoms with van der Waals surface area (Å²) in [4.78, 5) is 59.4. The lowest BCUT2D eigenvalue weighted by atomic mass is 9.97. The maximum absolute atomic E-state index is 14.0. The van der Waals surface area contributed by atoms with Gasteiger partial charge in [0.1, 0.15) is 18.1 Å². The number of fused-ring (bicyclic) bond motifs is 2. The van der Waals surface area contributed by atoms with Crippen molar-refractivity contribution in [1.82, 2.24) is 31.2 Å². The van der Waals surface area contributed by atoms with Crippen LogP contribution in [0.5, 0.6) is 0 Å². The van der Waals surface area contributed by atoms with E-state index in [2.05, 4.69) is 31.2 Å². The Labute approximate surface area is 255 Å². The lowest BCUT2D eigenvalue weighted by Crippen LogP contribution is -2.58. The molecule has 0 aliphatic carbocycles. The van der Waals surface area contributed by atoms with Crippen molar-refractivity contribution in [1.29, 1.82) is 0 Å². The largest absolute Gasteiger partial charge is 0.480 e. The number of amides is 3. The van der Waals surface area contributed by atoms with Crippen LogP contribution in [0.3, 0.4) is 0 Å². The molecule has 3 heterocycles. The van der Waals surface area contributed by atoms with Gasteiger partial charge in [-0.05, 0) is 48.6 Å². The Hall–Kier alpha value is -4.64. The van der Waals surface area contributed by atoms with Crippen molar-refractivity contribution in [2.24, 2.45) is 5.92 Å². The van der Waals surface area contributed by atoms with Crippen LogP contribution in [0.1, 0.15) is 44.2 Å². The third kappa shape index (κ3) is 6.94. The highest BCUT2D eigenvalue weighted by molar-refractivity contribution is 5.95. The van der Waals surface area contributed by atoms with Gasteiger partial charge in [0.05, 0.1) is 6.04 Å². The fourth-order valence-corrected chi connectivity index (χ4v) is 5.85. The van der Waals surface area contributed by atoms with Crippen molar-refractivity contribution in [2.45, 2.75) is 70.1 Å². The van der Waals surface area contributed by atoms with E-state index in [4.69, 9.17) is 0 Å². The molecule has 4 aromatic rings. The number of hydrogen-bond donors (Lipinski definition) is 7. The lowest BCUT2D eigenvalue weighted by Gasteiger charge is -2.26. The van der Waals surface area contributed by atoms with Crippen molar-refractivity contribution in [3.63, 3.8) is 0 Å². The Kier molecular flexibility index (Phi) is 9.64. The molecule has 0 bridgehead atoms. The summed E-state index contributed by atoms with van der Waals surface area (Å²) in [5.74, 6) is -2.88. The number of hydrogen-bond acceptors (Lipinski definition) is 5. The molecule has 2 aromatic heterocycles. The minimum atomic E-state index is -1.14. The summed E-state index contributed by atoms with van der Waals surface area (Å²) < 4.78 is 0. The minimum absolute atomic E-state index is 0.117. The third-order valence-electron chi connectivity index (χ3n) is 8.62. The zero-order valence-electron chi connectivity index (χ0n) is 25.0. The Balaban J connectivity index is 1.43. The van der Waals surface area contributed by atoms with Crippen LogP contribution >= 0.6 is 0 Å². The standard InChI is InChI=1S/C33H40N6O5/c1-3-19(2)29(33(43)44)39-32(42)28(16-21-18-36-25-12-7-5-10-23(21)25)38-31(41)27(37-30(40)26-13-8-14-34-26)15-20-17-35-24-11-6-4-9-22(20)24/h4-7,9-12,17-19,26-29,34-36H,3,8,13-16H2,1-2H3,(H,37,40)(H,38,41)(H,39,42)(H,43,44). The van der Waals surface area contributed by atoms with Gasteiger partial charge in [-0.15, -0.1) is 0 Å². The average Bonchev–Trinajstić information content (AvgIpc) is 3.79. The second-order valence-corrected chi connectivity index (χ2v) is 11.6. The molecule has 1 saturated heterocycles. The fourth-order valence-electron chi connectivity index (χ4n) is 5.85. The number of aromatic amines is 2. The number of nitrogens with one attached hydrogen (secondary N) is 6. The van der Waals surface area contributed by atoms with Crippen molar-refractivity contribution in [3.8, 4) is 0 Å². The van der Waals surface area contributed by atoms with Gasteiger partial charge < -0.3 is 36.3 Å². The van der Waals surface area contributed by atoms with Crippen LogP contribution in [0.25, 0.3) is 21.8 Å². The zero-order chi connectivity index (χ0) is 31.2. The van der Waals surface area contributed by atoms with Crippen LogP contribution in [0.4, 0.5) is 0 Å². The van der Waals surface area contributed by atoms with Gasteiger partial charge in [-0.25, -0.2) is 4.79 Å². The smallest absolute Gasteiger partial charge is 0.326 e. The zero-order valence-corrected chi connectivity index (χ0v) is 25.0. The molecule has 1 fully saturated rings. The SMILES string of the molecule is CCC(C)C(NC(=O)C(Cc1c[nH]c2ccccc12)NC(=O)C(Cc1c[nH]c2ccccc12)NC(=O)C1CCCN1)C(=O)O. The summed E-state index contributed by atoms with van der Waals surface area (Å²) in [5, 5.41) is 23.3. The number of H-pyrrole nitrogens is 2. The molecule has 7 N–H and O–H groups in total. The van der Waals surface area contributed by atoms with E-state index in [0.717, 1.165) is 45.9 Å². The molecule has 11 nitrogen and oxygen atoms in total. The van der Waals surface area contributed by atoms with E-state index in [1.54, 1.807) is 13.1 Å². The highest BCUT2D eigenvalue weighted by Crippen LogP contribution is 2.21. The summed E-state index contributed by atoms with van der Waals surface area (Å²) in [6, 6.07) is 11.7. The van der Waals surface area contributed by atoms with E-state index in [-0.39, 0.29) is 24.7 Å². The van der Waals surface area contributed by atoms with Crippen LogP contribution in [-0.2, 0) is 32.0 Å². The summed E-state index contributed by atoms with van der Waals surface area (Å²) in [6.07, 6.45) is 6.01. The second-order valence-electron chi connectivity index (χ2n) is 11.6. The quantitative estimate of drug-likeness (QED) is 0.125. The van der Waals surface area contributed by atoms with Crippen molar-refractivity contribution in [2.75, 3.05) is 6.54 Å². The first-order valence-electron chi connectivity index (χ1n) is 15.2. The Morgan fingerprint density at radius 2 is 1.39 bits per heavy atom. The molecule has 1 aliphatic rings. The number of carbonyl (C=O) groups excluding carboxylic acids is 3. The first-order chi connectivity index (χ1) is 21.2. The van der Waals surface area contributed by atoms with Gasteiger partial charge in [-0.2, -0.15) is 0 Å². The van der Waals surface area contributed by atoms with E-state index in [9.17, 15) is 24.3 Å². The maximum atomic E-state index is 14.0. The van der Waals surface area contributed by atoms with E-state index in [1.165, 1.54) is 0 Å². The molecule has 0 saturated carbocycles. The molecule has 232 valence electrons. The molecule has 0 radical (unpaired) electrons. The predicted molar refractivity (Wildman–Crippen MR) is 168 cm³/mol. The topological polar surface area (TPSA) is 168 Å². The van der Waals surface area contributed by atoms with Gasteiger partial charge in [-0.3, -0.25) is 14.4 Å². The van der Waals surface area contributed by atoms with Crippen molar-refractivity contribution < 1.29 is 24.3 Å². The highest BCUT2D eigenvalue weighted by Gasteiger charge is 2.33. The van der Waals surface area contributed by atoms with Crippen LogP contribution in [-0.4, -0.2) is 69.5 Å². The van der Waals surface area contributed by atoms with E-state index < -0.39 is 42.0 Å². The molecular formula is C33H40N6O5. The van der Waals surface area contributed by atoms with Crippen LogP contribution in [0, 0.1) is 5.92 Å². The molecule has 11 heteroatoms. The molecule has 1 aliphatic heterocycles. The maximum Gasteiger partial charge on any atom is 0.326 e. The highest BCUT2D eigenvalue weighted by atomic mass is 16.4. The normalized spacial score (nSPS) is 17.5. The molecule has 0 spiro atoms. The molecule has 3 amide bonds. The van der Waals surface area contributed by atoms with Crippen molar-refractivity contribution >= 4 is 45.5 Å².